The van der Waals surface area contributed by atoms with Crippen molar-refractivity contribution in [3.63, 3.8) is 0 Å². The van der Waals surface area contributed by atoms with Gasteiger partial charge in [0.2, 0.25) is 0 Å². The highest BCUT2D eigenvalue weighted by Gasteiger charge is 2.17. The standard InChI is InChI=1S/C12H20N4O/c1-9-7-11(15-16(9)2)12(17)14-10-5-3-4-6-13-8-10/h7,10,13H,3-6,8H2,1-2H3,(H,14,17). The van der Waals surface area contributed by atoms with E-state index in [0.29, 0.717) is 5.69 Å². The van der Waals surface area contributed by atoms with Gasteiger partial charge in [0.1, 0.15) is 5.69 Å². The molecule has 1 amide bonds. The number of aromatic nitrogens is 2. The highest BCUT2D eigenvalue weighted by atomic mass is 16.2. The minimum atomic E-state index is -0.0672. The van der Waals surface area contributed by atoms with Gasteiger partial charge in [-0.2, -0.15) is 5.10 Å². The van der Waals surface area contributed by atoms with Gasteiger partial charge in [-0.3, -0.25) is 9.48 Å². The van der Waals surface area contributed by atoms with E-state index in [9.17, 15) is 4.79 Å². The summed E-state index contributed by atoms with van der Waals surface area (Å²) in [5.74, 6) is -0.0672. The topological polar surface area (TPSA) is 59.0 Å². The molecule has 0 aromatic carbocycles. The monoisotopic (exact) mass is 236 g/mol. The minimum absolute atomic E-state index is 0.0672. The van der Waals surface area contributed by atoms with Crippen LogP contribution in [0.15, 0.2) is 6.07 Å². The first-order chi connectivity index (χ1) is 8.16. The molecule has 2 N–H and O–H groups in total. The van der Waals surface area contributed by atoms with Gasteiger partial charge in [-0.1, -0.05) is 6.42 Å². The Bertz CT molecular complexity index is 372. The fourth-order valence-electron chi connectivity index (χ4n) is 2.07. The molecule has 0 spiro atoms. The van der Waals surface area contributed by atoms with Gasteiger partial charge in [0.25, 0.3) is 5.91 Å². The van der Waals surface area contributed by atoms with E-state index in [0.717, 1.165) is 25.2 Å². The quantitative estimate of drug-likeness (QED) is 0.790. The number of carbonyl (C=O) groups excluding carboxylic acids is 1. The van der Waals surface area contributed by atoms with Gasteiger partial charge in [0, 0.05) is 25.3 Å². The molecule has 5 nitrogen and oxygen atoms in total. The van der Waals surface area contributed by atoms with Gasteiger partial charge in [-0.25, -0.2) is 0 Å². The van der Waals surface area contributed by atoms with E-state index in [1.165, 1.54) is 12.8 Å². The van der Waals surface area contributed by atoms with Crippen LogP contribution in [0, 0.1) is 6.92 Å². The van der Waals surface area contributed by atoms with Crippen molar-refractivity contribution < 1.29 is 4.79 Å². The van der Waals surface area contributed by atoms with E-state index in [2.05, 4.69) is 15.7 Å². The molecule has 2 heterocycles. The molecule has 1 atom stereocenters. The van der Waals surface area contributed by atoms with Gasteiger partial charge in [-0.05, 0) is 32.4 Å². The molecule has 0 bridgehead atoms. The van der Waals surface area contributed by atoms with Gasteiger partial charge in [0.05, 0.1) is 0 Å². The Morgan fingerprint density at radius 2 is 2.41 bits per heavy atom. The maximum absolute atomic E-state index is 12.0. The summed E-state index contributed by atoms with van der Waals surface area (Å²) in [6, 6.07) is 2.05. The van der Waals surface area contributed by atoms with Crippen molar-refractivity contribution in [3.05, 3.63) is 17.5 Å². The summed E-state index contributed by atoms with van der Waals surface area (Å²) in [4.78, 5) is 12.0. The van der Waals surface area contributed by atoms with E-state index >= 15 is 0 Å². The van der Waals surface area contributed by atoms with Crippen molar-refractivity contribution in [1.29, 1.82) is 0 Å². The number of aryl methyl sites for hydroxylation is 2. The molecule has 0 saturated carbocycles. The van der Waals surface area contributed by atoms with Crippen LogP contribution in [0.4, 0.5) is 0 Å². The minimum Gasteiger partial charge on any atom is -0.347 e. The number of carbonyl (C=O) groups is 1. The third-order valence-corrected chi connectivity index (χ3v) is 3.23. The molecule has 17 heavy (non-hydrogen) atoms. The van der Waals surface area contributed by atoms with Crippen molar-refractivity contribution in [1.82, 2.24) is 20.4 Å². The van der Waals surface area contributed by atoms with Crippen molar-refractivity contribution in [3.8, 4) is 0 Å². The maximum atomic E-state index is 12.0. The molecule has 0 aliphatic carbocycles. The molecule has 1 fully saturated rings. The van der Waals surface area contributed by atoms with E-state index in [1.54, 1.807) is 4.68 Å². The first-order valence-electron chi connectivity index (χ1n) is 6.19. The highest BCUT2D eigenvalue weighted by molar-refractivity contribution is 5.92. The highest BCUT2D eigenvalue weighted by Crippen LogP contribution is 2.06. The Balaban J connectivity index is 1.95. The smallest absolute Gasteiger partial charge is 0.272 e. The average Bonchev–Trinajstić information content (AvgIpc) is 2.54. The third-order valence-electron chi connectivity index (χ3n) is 3.23. The number of nitrogens with zero attached hydrogens (tertiary/aromatic N) is 2. The van der Waals surface area contributed by atoms with Crippen LogP contribution in [-0.4, -0.2) is 34.8 Å². The number of rotatable bonds is 2. The van der Waals surface area contributed by atoms with E-state index in [-0.39, 0.29) is 11.9 Å². The normalized spacial score (nSPS) is 20.9. The van der Waals surface area contributed by atoms with Crippen LogP contribution < -0.4 is 10.6 Å². The van der Waals surface area contributed by atoms with Crippen molar-refractivity contribution >= 4 is 5.91 Å². The summed E-state index contributed by atoms with van der Waals surface area (Å²) in [5.41, 5.74) is 1.50. The Labute approximate surface area is 102 Å². The van der Waals surface area contributed by atoms with Gasteiger partial charge in [0.15, 0.2) is 0 Å². The predicted octanol–water partition coefficient (Wildman–Crippen LogP) is 0.600. The van der Waals surface area contributed by atoms with Crippen LogP contribution in [0.3, 0.4) is 0 Å². The van der Waals surface area contributed by atoms with Crippen molar-refractivity contribution in [2.24, 2.45) is 7.05 Å². The molecule has 94 valence electrons. The molecule has 2 rings (SSSR count). The van der Waals surface area contributed by atoms with Crippen LogP contribution in [0.1, 0.15) is 35.4 Å². The molecule has 1 aliphatic heterocycles. The zero-order valence-electron chi connectivity index (χ0n) is 10.5. The first kappa shape index (κ1) is 12.1. The summed E-state index contributed by atoms with van der Waals surface area (Å²) >= 11 is 0. The van der Waals surface area contributed by atoms with Crippen molar-refractivity contribution in [2.45, 2.75) is 32.2 Å². The van der Waals surface area contributed by atoms with Crippen molar-refractivity contribution in [2.75, 3.05) is 13.1 Å². The lowest BCUT2D eigenvalue weighted by molar-refractivity contribution is 0.0929. The molecular weight excluding hydrogens is 216 g/mol. The summed E-state index contributed by atoms with van der Waals surface area (Å²) in [7, 11) is 1.85. The maximum Gasteiger partial charge on any atom is 0.272 e. The van der Waals surface area contributed by atoms with E-state index in [1.807, 2.05) is 20.0 Å². The molecule has 1 saturated heterocycles. The summed E-state index contributed by atoms with van der Waals surface area (Å²) in [6.45, 7) is 3.85. The first-order valence-corrected chi connectivity index (χ1v) is 6.19. The second-order valence-electron chi connectivity index (χ2n) is 4.66. The fraction of sp³-hybridized carbons (Fsp3) is 0.667. The largest absolute Gasteiger partial charge is 0.347 e. The summed E-state index contributed by atoms with van der Waals surface area (Å²) in [6.07, 6.45) is 3.40. The Morgan fingerprint density at radius 1 is 1.59 bits per heavy atom. The number of hydrogen-bond acceptors (Lipinski definition) is 3. The van der Waals surface area contributed by atoms with E-state index < -0.39 is 0 Å². The molecule has 5 heteroatoms. The second-order valence-corrected chi connectivity index (χ2v) is 4.66. The molecule has 1 aromatic heterocycles. The zero-order valence-corrected chi connectivity index (χ0v) is 10.5. The van der Waals surface area contributed by atoms with Crippen LogP contribution in [-0.2, 0) is 7.05 Å². The van der Waals surface area contributed by atoms with Crippen LogP contribution in [0.2, 0.25) is 0 Å². The van der Waals surface area contributed by atoms with Gasteiger partial charge in [-0.15, -0.1) is 0 Å². The fourth-order valence-corrected chi connectivity index (χ4v) is 2.07. The molecule has 1 unspecified atom stereocenters. The molecule has 1 aromatic rings. The SMILES string of the molecule is Cc1cc(C(=O)NC2CCCCNC2)nn1C. The summed E-state index contributed by atoms with van der Waals surface area (Å²) < 4.78 is 1.72. The average molecular weight is 236 g/mol. The Hall–Kier alpha value is -1.36. The zero-order chi connectivity index (χ0) is 12.3. The third kappa shape index (κ3) is 3.06. The number of nitrogens with one attached hydrogen (secondary N) is 2. The second kappa shape index (κ2) is 5.31. The Morgan fingerprint density at radius 3 is 3.12 bits per heavy atom. The lowest BCUT2D eigenvalue weighted by atomic mass is 10.1. The number of hydrogen-bond donors (Lipinski definition) is 2. The van der Waals surface area contributed by atoms with Crippen LogP contribution >= 0.6 is 0 Å². The lowest BCUT2D eigenvalue weighted by Gasteiger charge is -2.15. The van der Waals surface area contributed by atoms with Crippen LogP contribution in [0.25, 0.3) is 0 Å². The van der Waals surface area contributed by atoms with Gasteiger partial charge >= 0.3 is 0 Å². The van der Waals surface area contributed by atoms with E-state index in [4.69, 9.17) is 0 Å². The molecular formula is C12H20N4O. The lowest BCUT2D eigenvalue weighted by Crippen LogP contribution is -2.41. The predicted molar refractivity (Wildman–Crippen MR) is 65.9 cm³/mol. The molecule has 1 aliphatic rings. The summed E-state index contributed by atoms with van der Waals surface area (Å²) in [5, 5.41) is 10.6. The van der Waals surface area contributed by atoms with Crippen LogP contribution in [0.5, 0.6) is 0 Å². The molecule has 0 radical (unpaired) electrons. The van der Waals surface area contributed by atoms with Gasteiger partial charge < -0.3 is 10.6 Å². The number of amides is 1. The Kier molecular flexibility index (Phi) is 3.78.